The summed E-state index contributed by atoms with van der Waals surface area (Å²) >= 11 is 0. The van der Waals surface area contributed by atoms with Gasteiger partial charge in [0.05, 0.1) is 16.9 Å². The predicted molar refractivity (Wildman–Crippen MR) is 110 cm³/mol. The number of carbonyl (C=O) groups is 1. The number of aromatic nitrogens is 2. The third-order valence-electron chi connectivity index (χ3n) is 4.83. The molecule has 0 atom stereocenters. The van der Waals surface area contributed by atoms with Gasteiger partial charge in [0.2, 0.25) is 5.88 Å². The molecule has 0 N–H and O–H groups in total. The Bertz CT molecular complexity index is 1170. The van der Waals surface area contributed by atoms with Crippen molar-refractivity contribution < 1.29 is 13.9 Å². The number of benzene rings is 3. The standard InChI is InChI=1S/C24H19FN2O2/c1-16-7-6-10-22(17(16)2)27-23(15-21(26-27)18-8-4-3-5-9-18)29-24(28)19-11-13-20(25)14-12-19/h3-15H,1-2H3. The molecule has 4 rings (SSSR count). The number of aryl methyl sites for hydroxylation is 1. The normalized spacial score (nSPS) is 10.7. The lowest BCUT2D eigenvalue weighted by Crippen LogP contribution is -2.12. The lowest BCUT2D eigenvalue weighted by molar-refractivity contribution is 0.0723. The van der Waals surface area contributed by atoms with Crippen LogP contribution in [0.4, 0.5) is 4.39 Å². The zero-order valence-electron chi connectivity index (χ0n) is 16.1. The summed E-state index contributed by atoms with van der Waals surface area (Å²) in [6.45, 7) is 4.02. The Morgan fingerprint density at radius 3 is 2.38 bits per heavy atom. The highest BCUT2D eigenvalue weighted by molar-refractivity contribution is 5.91. The Morgan fingerprint density at radius 2 is 1.66 bits per heavy atom. The maximum atomic E-state index is 13.2. The minimum atomic E-state index is -0.573. The minimum Gasteiger partial charge on any atom is -0.404 e. The van der Waals surface area contributed by atoms with Gasteiger partial charge in [-0.05, 0) is 55.3 Å². The third kappa shape index (κ3) is 3.80. The van der Waals surface area contributed by atoms with Gasteiger partial charge in [-0.15, -0.1) is 0 Å². The summed E-state index contributed by atoms with van der Waals surface area (Å²) in [6.07, 6.45) is 0. The molecule has 0 amide bonds. The maximum Gasteiger partial charge on any atom is 0.344 e. The second-order valence-corrected chi connectivity index (χ2v) is 6.76. The van der Waals surface area contributed by atoms with Gasteiger partial charge in [0.15, 0.2) is 0 Å². The fourth-order valence-electron chi connectivity index (χ4n) is 3.06. The highest BCUT2D eigenvalue weighted by Crippen LogP contribution is 2.29. The van der Waals surface area contributed by atoms with E-state index >= 15 is 0 Å². The van der Waals surface area contributed by atoms with E-state index in [0.29, 0.717) is 11.6 Å². The van der Waals surface area contributed by atoms with Crippen LogP contribution in [0.5, 0.6) is 5.88 Å². The Balaban J connectivity index is 1.79. The molecule has 29 heavy (non-hydrogen) atoms. The minimum absolute atomic E-state index is 0.265. The molecule has 0 aliphatic carbocycles. The van der Waals surface area contributed by atoms with Crippen molar-refractivity contribution >= 4 is 5.97 Å². The van der Waals surface area contributed by atoms with E-state index < -0.39 is 11.8 Å². The van der Waals surface area contributed by atoms with Crippen LogP contribution in [0.15, 0.2) is 78.9 Å². The third-order valence-corrected chi connectivity index (χ3v) is 4.83. The number of esters is 1. The van der Waals surface area contributed by atoms with Gasteiger partial charge in [0, 0.05) is 11.6 Å². The van der Waals surface area contributed by atoms with Crippen LogP contribution in [0.1, 0.15) is 21.5 Å². The molecule has 0 spiro atoms. The first-order valence-corrected chi connectivity index (χ1v) is 9.23. The fraction of sp³-hybridized carbons (Fsp3) is 0.0833. The second-order valence-electron chi connectivity index (χ2n) is 6.76. The van der Waals surface area contributed by atoms with E-state index in [0.717, 1.165) is 22.4 Å². The summed E-state index contributed by atoms with van der Waals surface area (Å²) in [4.78, 5) is 12.6. The van der Waals surface area contributed by atoms with E-state index in [4.69, 9.17) is 9.84 Å². The van der Waals surface area contributed by atoms with Crippen LogP contribution in [0.25, 0.3) is 16.9 Å². The fourth-order valence-corrected chi connectivity index (χ4v) is 3.06. The van der Waals surface area contributed by atoms with E-state index in [1.807, 2.05) is 62.4 Å². The summed E-state index contributed by atoms with van der Waals surface area (Å²) in [7, 11) is 0. The Kier molecular flexibility index (Phi) is 4.96. The van der Waals surface area contributed by atoms with E-state index in [1.54, 1.807) is 10.7 Å². The van der Waals surface area contributed by atoms with E-state index in [9.17, 15) is 9.18 Å². The molecule has 0 radical (unpaired) electrons. The average molecular weight is 386 g/mol. The first kappa shape index (κ1) is 18.6. The summed E-state index contributed by atoms with van der Waals surface area (Å²) < 4.78 is 20.5. The molecule has 144 valence electrons. The second kappa shape index (κ2) is 7.72. The van der Waals surface area contributed by atoms with Gasteiger partial charge >= 0.3 is 5.97 Å². The number of hydrogen-bond acceptors (Lipinski definition) is 3. The zero-order chi connectivity index (χ0) is 20.4. The summed E-state index contributed by atoms with van der Waals surface area (Å²) in [5.74, 6) is -0.684. The van der Waals surface area contributed by atoms with Gasteiger partial charge in [-0.2, -0.15) is 9.78 Å². The Morgan fingerprint density at radius 1 is 0.931 bits per heavy atom. The predicted octanol–water partition coefficient (Wildman–Crippen LogP) is 5.51. The van der Waals surface area contributed by atoms with E-state index in [2.05, 4.69) is 0 Å². The SMILES string of the molecule is Cc1cccc(-n2nc(-c3ccccc3)cc2OC(=O)c2ccc(F)cc2)c1C. The van der Waals surface area contributed by atoms with Crippen LogP contribution in [-0.2, 0) is 0 Å². The van der Waals surface area contributed by atoms with Crippen molar-refractivity contribution in [3.8, 4) is 22.8 Å². The first-order chi connectivity index (χ1) is 14.0. The quantitative estimate of drug-likeness (QED) is 0.434. The van der Waals surface area contributed by atoms with Gasteiger partial charge in [-0.3, -0.25) is 0 Å². The lowest BCUT2D eigenvalue weighted by atomic mass is 10.1. The lowest BCUT2D eigenvalue weighted by Gasteiger charge is -2.12. The first-order valence-electron chi connectivity index (χ1n) is 9.23. The molecule has 0 aliphatic rings. The number of nitrogens with zero attached hydrogens (tertiary/aromatic N) is 2. The van der Waals surface area contributed by atoms with E-state index in [-0.39, 0.29) is 5.56 Å². The highest BCUT2D eigenvalue weighted by atomic mass is 19.1. The van der Waals surface area contributed by atoms with Crippen LogP contribution in [-0.4, -0.2) is 15.7 Å². The van der Waals surface area contributed by atoms with Crippen molar-refractivity contribution in [2.75, 3.05) is 0 Å². The number of halogens is 1. The van der Waals surface area contributed by atoms with Crippen molar-refractivity contribution in [2.45, 2.75) is 13.8 Å². The van der Waals surface area contributed by atoms with Crippen molar-refractivity contribution in [3.05, 3.63) is 101 Å². The smallest absolute Gasteiger partial charge is 0.344 e. The van der Waals surface area contributed by atoms with Crippen LogP contribution >= 0.6 is 0 Å². The number of ether oxygens (including phenoxy) is 1. The molecule has 3 aromatic carbocycles. The maximum absolute atomic E-state index is 13.2. The number of rotatable bonds is 4. The molecule has 0 unspecified atom stereocenters. The molecule has 0 saturated heterocycles. The zero-order valence-corrected chi connectivity index (χ0v) is 16.1. The monoisotopic (exact) mass is 386 g/mol. The largest absolute Gasteiger partial charge is 0.404 e. The van der Waals surface area contributed by atoms with Gasteiger partial charge < -0.3 is 4.74 Å². The topological polar surface area (TPSA) is 44.1 Å². The van der Waals surface area contributed by atoms with Gasteiger partial charge in [-0.25, -0.2) is 9.18 Å². The molecule has 0 bridgehead atoms. The van der Waals surface area contributed by atoms with Gasteiger partial charge in [0.1, 0.15) is 5.82 Å². The van der Waals surface area contributed by atoms with Crippen molar-refractivity contribution in [3.63, 3.8) is 0 Å². The van der Waals surface area contributed by atoms with E-state index in [1.165, 1.54) is 24.3 Å². The molecule has 5 heteroatoms. The van der Waals surface area contributed by atoms with Crippen LogP contribution in [0, 0.1) is 19.7 Å². The Labute approximate surface area is 168 Å². The van der Waals surface area contributed by atoms with Crippen molar-refractivity contribution in [1.82, 2.24) is 9.78 Å². The molecule has 0 saturated carbocycles. The van der Waals surface area contributed by atoms with Crippen LogP contribution < -0.4 is 4.74 Å². The average Bonchev–Trinajstić information content (AvgIpc) is 3.14. The Hall–Kier alpha value is -3.73. The molecule has 0 aliphatic heterocycles. The summed E-state index contributed by atoms with van der Waals surface area (Å²) in [5, 5.41) is 4.69. The molecule has 1 heterocycles. The molecular formula is C24H19FN2O2. The molecular weight excluding hydrogens is 367 g/mol. The number of carbonyl (C=O) groups excluding carboxylic acids is 1. The molecule has 4 nitrogen and oxygen atoms in total. The van der Waals surface area contributed by atoms with Crippen molar-refractivity contribution in [1.29, 1.82) is 0 Å². The molecule has 1 aromatic heterocycles. The van der Waals surface area contributed by atoms with Crippen LogP contribution in [0.3, 0.4) is 0 Å². The summed E-state index contributed by atoms with van der Waals surface area (Å²) in [5.41, 5.74) is 4.84. The van der Waals surface area contributed by atoms with Crippen molar-refractivity contribution in [2.24, 2.45) is 0 Å². The summed E-state index contributed by atoms with van der Waals surface area (Å²) in [6, 6.07) is 22.6. The molecule has 4 aromatic rings. The highest BCUT2D eigenvalue weighted by Gasteiger charge is 2.18. The van der Waals surface area contributed by atoms with Gasteiger partial charge in [-0.1, -0.05) is 42.5 Å². The number of hydrogen-bond donors (Lipinski definition) is 0. The van der Waals surface area contributed by atoms with Gasteiger partial charge in [0.25, 0.3) is 0 Å². The van der Waals surface area contributed by atoms with Crippen LogP contribution in [0.2, 0.25) is 0 Å². The molecule has 0 fully saturated rings.